The van der Waals surface area contributed by atoms with Crippen LogP contribution in [0.25, 0.3) is 5.65 Å². The molecule has 8 heteroatoms. The second kappa shape index (κ2) is 7.75. The first-order valence-electron chi connectivity index (χ1n) is 8.68. The summed E-state index contributed by atoms with van der Waals surface area (Å²) in [6.45, 7) is 0.751. The van der Waals surface area contributed by atoms with Gasteiger partial charge in [0.2, 0.25) is 11.5 Å². The molecule has 0 saturated heterocycles. The number of imidazole rings is 1. The normalized spacial score (nSPS) is 10.7. The molecular weight excluding hydrogens is 358 g/mol. The van der Waals surface area contributed by atoms with Crippen molar-refractivity contribution in [1.29, 1.82) is 0 Å². The van der Waals surface area contributed by atoms with Crippen molar-refractivity contribution in [2.24, 2.45) is 0 Å². The van der Waals surface area contributed by atoms with E-state index in [1.54, 1.807) is 30.6 Å². The van der Waals surface area contributed by atoms with Gasteiger partial charge in [-0.25, -0.2) is 0 Å². The number of nitrogens with zero attached hydrogens (tertiary/aromatic N) is 4. The van der Waals surface area contributed by atoms with Gasteiger partial charge in [-0.15, -0.1) is 0 Å². The molecule has 0 unspecified atom stereocenters. The van der Waals surface area contributed by atoms with Gasteiger partial charge in [-0.1, -0.05) is 24.3 Å². The molecule has 8 nitrogen and oxygen atoms in total. The Bertz CT molecular complexity index is 1110. The second-order valence-corrected chi connectivity index (χ2v) is 6.08. The number of benzene rings is 1. The van der Waals surface area contributed by atoms with Gasteiger partial charge in [0.25, 0.3) is 0 Å². The van der Waals surface area contributed by atoms with E-state index < -0.39 is 4.92 Å². The molecule has 1 N–H and O–H groups in total. The monoisotopic (exact) mass is 375 g/mol. The van der Waals surface area contributed by atoms with Crippen LogP contribution in [0.3, 0.4) is 0 Å². The van der Waals surface area contributed by atoms with Gasteiger partial charge < -0.3 is 20.2 Å². The fourth-order valence-corrected chi connectivity index (χ4v) is 2.85. The smallest absolute Gasteiger partial charge is 0.372 e. The van der Waals surface area contributed by atoms with Crippen LogP contribution in [-0.4, -0.2) is 19.3 Å². The molecule has 0 radical (unpaired) electrons. The highest BCUT2D eigenvalue weighted by atomic mass is 16.6. The summed E-state index contributed by atoms with van der Waals surface area (Å²) in [5, 5.41) is 14.5. The average Bonchev–Trinajstić information content (AvgIpc) is 3.10. The molecule has 3 heterocycles. The minimum absolute atomic E-state index is 0.0850. The fraction of sp³-hybridized carbons (Fsp3) is 0.100. The molecular formula is C20H17N5O3. The number of fused-ring (bicyclic) bond motifs is 1. The number of nitrogens with one attached hydrogen (secondary N) is 1. The summed E-state index contributed by atoms with van der Waals surface area (Å²) in [7, 11) is 0. The maximum Gasteiger partial charge on any atom is 0.372 e. The predicted octanol–water partition coefficient (Wildman–Crippen LogP) is 3.83. The van der Waals surface area contributed by atoms with Gasteiger partial charge in [0.15, 0.2) is 0 Å². The van der Waals surface area contributed by atoms with Gasteiger partial charge in [0.05, 0.1) is 11.9 Å². The first-order chi connectivity index (χ1) is 13.7. The van der Waals surface area contributed by atoms with Crippen molar-refractivity contribution >= 4 is 17.3 Å². The van der Waals surface area contributed by atoms with Gasteiger partial charge >= 0.3 is 5.82 Å². The van der Waals surface area contributed by atoms with E-state index in [0.717, 1.165) is 11.3 Å². The Hall–Kier alpha value is -3.94. The first-order valence-corrected chi connectivity index (χ1v) is 8.68. The molecule has 0 saturated carbocycles. The minimum Gasteiger partial charge on any atom is -0.487 e. The number of ether oxygens (including phenoxy) is 1. The molecule has 0 amide bonds. The van der Waals surface area contributed by atoms with Gasteiger partial charge in [-0.2, -0.15) is 9.38 Å². The van der Waals surface area contributed by atoms with Crippen molar-refractivity contribution in [1.82, 2.24) is 14.4 Å². The summed E-state index contributed by atoms with van der Waals surface area (Å²) in [5.41, 5.74) is 2.28. The third-order valence-electron chi connectivity index (χ3n) is 4.15. The number of rotatable bonds is 7. The second-order valence-electron chi connectivity index (χ2n) is 6.08. The summed E-state index contributed by atoms with van der Waals surface area (Å²) in [4.78, 5) is 19.6. The van der Waals surface area contributed by atoms with E-state index in [-0.39, 0.29) is 11.6 Å². The number of pyridine rings is 2. The zero-order valence-corrected chi connectivity index (χ0v) is 14.9. The van der Waals surface area contributed by atoms with E-state index in [4.69, 9.17) is 4.74 Å². The van der Waals surface area contributed by atoms with Crippen LogP contribution in [0.15, 0.2) is 73.1 Å². The summed E-state index contributed by atoms with van der Waals surface area (Å²) in [5.74, 6) is 0.851. The first kappa shape index (κ1) is 17.5. The molecule has 0 atom stereocenters. The lowest BCUT2D eigenvalue weighted by atomic mass is 10.2. The van der Waals surface area contributed by atoms with Gasteiger partial charge in [0.1, 0.15) is 12.4 Å². The highest BCUT2D eigenvalue weighted by Crippen LogP contribution is 2.26. The molecule has 0 bridgehead atoms. The van der Waals surface area contributed by atoms with Crippen molar-refractivity contribution in [2.75, 3.05) is 5.32 Å². The zero-order chi connectivity index (χ0) is 19.3. The molecule has 4 rings (SSSR count). The van der Waals surface area contributed by atoms with E-state index in [1.165, 1.54) is 4.40 Å². The Labute approximate surface area is 160 Å². The molecule has 0 aliphatic carbocycles. The number of hydrogen-bond acceptors (Lipinski definition) is 6. The zero-order valence-electron chi connectivity index (χ0n) is 14.9. The molecule has 140 valence electrons. The maximum absolute atomic E-state index is 11.5. The largest absolute Gasteiger partial charge is 0.487 e. The number of nitro groups is 1. The lowest BCUT2D eigenvalue weighted by Gasteiger charge is -2.08. The van der Waals surface area contributed by atoms with E-state index >= 15 is 0 Å². The van der Waals surface area contributed by atoms with Crippen LogP contribution in [0, 0.1) is 10.1 Å². The van der Waals surface area contributed by atoms with E-state index in [9.17, 15) is 10.1 Å². The molecule has 4 aromatic rings. The Morgan fingerprint density at radius 3 is 2.82 bits per heavy atom. The van der Waals surface area contributed by atoms with Crippen molar-refractivity contribution < 1.29 is 9.66 Å². The number of hydrogen-bond donors (Lipinski definition) is 1. The highest BCUT2D eigenvalue weighted by Gasteiger charge is 2.21. The van der Waals surface area contributed by atoms with E-state index in [0.29, 0.717) is 24.5 Å². The molecule has 0 fully saturated rings. The van der Waals surface area contributed by atoms with Gasteiger partial charge in [0, 0.05) is 18.8 Å². The quantitative estimate of drug-likeness (QED) is 0.390. The number of aromatic nitrogens is 3. The van der Waals surface area contributed by atoms with Crippen LogP contribution < -0.4 is 10.1 Å². The van der Waals surface area contributed by atoms with Gasteiger partial charge in [-0.05, 0) is 40.8 Å². The summed E-state index contributed by atoms with van der Waals surface area (Å²) >= 11 is 0. The van der Waals surface area contributed by atoms with Crippen LogP contribution in [0.2, 0.25) is 0 Å². The highest BCUT2D eigenvalue weighted by molar-refractivity contribution is 5.62. The Morgan fingerprint density at radius 1 is 1.11 bits per heavy atom. The predicted molar refractivity (Wildman–Crippen MR) is 104 cm³/mol. The molecule has 0 aliphatic heterocycles. The summed E-state index contributed by atoms with van der Waals surface area (Å²) < 4.78 is 7.23. The average molecular weight is 375 g/mol. The van der Waals surface area contributed by atoms with Crippen LogP contribution >= 0.6 is 0 Å². The van der Waals surface area contributed by atoms with Crippen LogP contribution in [-0.2, 0) is 13.2 Å². The van der Waals surface area contributed by atoms with Crippen LogP contribution in [0.4, 0.5) is 11.6 Å². The standard InChI is InChI=1S/C20H17N5O3/c26-25(27)20-19(23-18-9-2-4-11-24(18)20)22-13-15-6-5-8-17(12-15)28-14-16-7-1-3-10-21-16/h1-12,22H,13-14H2. The minimum atomic E-state index is -0.436. The van der Waals surface area contributed by atoms with E-state index in [1.807, 2.05) is 42.5 Å². The summed E-state index contributed by atoms with van der Waals surface area (Å²) in [6.07, 6.45) is 3.35. The Kier molecular flexibility index (Phi) is 4.83. The van der Waals surface area contributed by atoms with Crippen molar-refractivity contribution in [2.45, 2.75) is 13.2 Å². The van der Waals surface area contributed by atoms with E-state index in [2.05, 4.69) is 15.3 Å². The molecule has 28 heavy (non-hydrogen) atoms. The molecule has 0 spiro atoms. The SMILES string of the molecule is O=[N+]([O-])c1c(NCc2cccc(OCc3ccccn3)c2)nc2ccccn12. The van der Waals surface area contributed by atoms with Crippen molar-refractivity contribution in [3.63, 3.8) is 0 Å². The van der Waals surface area contributed by atoms with Crippen LogP contribution in [0.1, 0.15) is 11.3 Å². The third kappa shape index (κ3) is 3.75. The fourth-order valence-electron chi connectivity index (χ4n) is 2.85. The van der Waals surface area contributed by atoms with Gasteiger partial charge in [-0.3, -0.25) is 4.98 Å². The summed E-state index contributed by atoms with van der Waals surface area (Å²) in [6, 6.07) is 18.5. The van der Waals surface area contributed by atoms with Crippen molar-refractivity contribution in [3.8, 4) is 5.75 Å². The van der Waals surface area contributed by atoms with Crippen molar-refractivity contribution in [3.05, 3.63) is 94.4 Å². The molecule has 0 aliphatic rings. The Morgan fingerprint density at radius 2 is 2.00 bits per heavy atom. The topological polar surface area (TPSA) is 94.6 Å². The van der Waals surface area contributed by atoms with Crippen LogP contribution in [0.5, 0.6) is 5.75 Å². The third-order valence-corrected chi connectivity index (χ3v) is 4.15. The molecule has 3 aromatic heterocycles. The maximum atomic E-state index is 11.5. The number of anilines is 1. The lowest BCUT2D eigenvalue weighted by molar-refractivity contribution is -0.389. The molecule has 1 aromatic carbocycles. The Balaban J connectivity index is 1.47. The lowest BCUT2D eigenvalue weighted by Crippen LogP contribution is -2.04.